The third-order valence-electron chi connectivity index (χ3n) is 3.80. The van der Waals surface area contributed by atoms with Crippen molar-refractivity contribution in [2.24, 2.45) is 0 Å². The van der Waals surface area contributed by atoms with Gasteiger partial charge in [0.25, 0.3) is 0 Å². The molecule has 1 aromatic heterocycles. The quantitative estimate of drug-likeness (QED) is 0.404. The maximum absolute atomic E-state index is 13.3. The van der Waals surface area contributed by atoms with E-state index in [0.717, 1.165) is 14.7 Å². The Hall–Kier alpha value is -2.63. The van der Waals surface area contributed by atoms with Crippen LogP contribution in [0.15, 0.2) is 40.9 Å². The molecule has 0 aliphatic heterocycles. The summed E-state index contributed by atoms with van der Waals surface area (Å²) in [6.07, 6.45) is -0.715. The van der Waals surface area contributed by atoms with Crippen LogP contribution in [0.3, 0.4) is 0 Å². The van der Waals surface area contributed by atoms with E-state index in [0.29, 0.717) is 22.1 Å². The first kappa shape index (κ1) is 22.1. The minimum absolute atomic E-state index is 0.122. The summed E-state index contributed by atoms with van der Waals surface area (Å²) >= 11 is 4.81. The summed E-state index contributed by atoms with van der Waals surface area (Å²) in [7, 11) is 0. The second-order valence-corrected chi connectivity index (χ2v) is 9.81. The fourth-order valence-corrected chi connectivity index (χ4v) is 3.99. The smallest absolute Gasteiger partial charge is 0.421 e. The van der Waals surface area contributed by atoms with E-state index in [1.807, 2.05) is 32.0 Å². The van der Waals surface area contributed by atoms with Gasteiger partial charge in [0.05, 0.1) is 33.6 Å². The number of halogens is 1. The first-order valence-electron chi connectivity index (χ1n) is 9.37. The molecule has 3 aromatic rings. The summed E-state index contributed by atoms with van der Waals surface area (Å²) in [6.45, 7) is 9.20. The van der Waals surface area contributed by atoms with Crippen molar-refractivity contribution >= 4 is 54.4 Å². The number of anilines is 2. The lowest BCUT2D eigenvalue weighted by atomic mass is 10.2. The Morgan fingerprint density at radius 1 is 1.23 bits per heavy atom. The average molecular weight is 488 g/mol. The summed E-state index contributed by atoms with van der Waals surface area (Å²) in [5.41, 5.74) is 0.857. The van der Waals surface area contributed by atoms with Gasteiger partial charge < -0.3 is 9.47 Å². The molecule has 0 N–H and O–H groups in total. The van der Waals surface area contributed by atoms with E-state index in [2.05, 4.69) is 27.0 Å². The van der Waals surface area contributed by atoms with Gasteiger partial charge in [0.1, 0.15) is 11.4 Å². The first-order chi connectivity index (χ1) is 14.1. The van der Waals surface area contributed by atoms with Crippen LogP contribution in [0.5, 0.6) is 5.75 Å². The van der Waals surface area contributed by atoms with Crippen LogP contribution in [0.25, 0.3) is 10.2 Å². The second kappa shape index (κ2) is 8.62. The van der Waals surface area contributed by atoms with Crippen LogP contribution in [0, 0.1) is 11.3 Å². The van der Waals surface area contributed by atoms with Gasteiger partial charge in [-0.25, -0.2) is 14.7 Å². The zero-order valence-electron chi connectivity index (χ0n) is 17.4. The Labute approximate surface area is 188 Å². The minimum atomic E-state index is -0.707. The SMILES string of the molecule is CC(C)Oc1ccc(C#N)cc1N(C(=O)OC(C)(C)C)c1nc2cc(Br)ccc2s1. The van der Waals surface area contributed by atoms with E-state index in [4.69, 9.17) is 9.47 Å². The van der Waals surface area contributed by atoms with Gasteiger partial charge in [0, 0.05) is 4.47 Å². The molecule has 0 fully saturated rings. The molecule has 0 spiro atoms. The third-order valence-corrected chi connectivity index (χ3v) is 5.31. The molecule has 6 nitrogen and oxygen atoms in total. The summed E-state index contributed by atoms with van der Waals surface area (Å²) in [5, 5.41) is 9.84. The van der Waals surface area contributed by atoms with Crippen LogP contribution in [-0.4, -0.2) is 22.8 Å². The maximum atomic E-state index is 13.3. The number of carbonyl (C=O) groups is 1. The van der Waals surface area contributed by atoms with Crippen molar-refractivity contribution in [3.63, 3.8) is 0 Å². The van der Waals surface area contributed by atoms with Crippen LogP contribution in [0.4, 0.5) is 15.6 Å². The van der Waals surface area contributed by atoms with Gasteiger partial charge in [-0.3, -0.25) is 0 Å². The number of carbonyl (C=O) groups excluding carboxylic acids is 1. The lowest BCUT2D eigenvalue weighted by Crippen LogP contribution is -2.34. The number of aromatic nitrogens is 1. The molecule has 0 saturated heterocycles. The van der Waals surface area contributed by atoms with Gasteiger partial charge in [-0.15, -0.1) is 0 Å². The van der Waals surface area contributed by atoms with Crippen molar-refractivity contribution in [3.8, 4) is 11.8 Å². The van der Waals surface area contributed by atoms with Crippen LogP contribution in [0.2, 0.25) is 0 Å². The summed E-state index contributed by atoms with van der Waals surface area (Å²) in [4.78, 5) is 19.3. The first-order valence-corrected chi connectivity index (χ1v) is 11.0. The molecule has 0 atom stereocenters. The van der Waals surface area contributed by atoms with Crippen LogP contribution in [0.1, 0.15) is 40.2 Å². The highest BCUT2D eigenvalue weighted by molar-refractivity contribution is 9.10. The molecule has 156 valence electrons. The largest absolute Gasteiger partial charge is 0.489 e. The Morgan fingerprint density at radius 2 is 1.97 bits per heavy atom. The highest BCUT2D eigenvalue weighted by atomic mass is 79.9. The molecule has 0 aliphatic rings. The zero-order chi connectivity index (χ0) is 22.1. The monoisotopic (exact) mass is 487 g/mol. The van der Waals surface area contributed by atoms with E-state index in [-0.39, 0.29) is 6.10 Å². The van der Waals surface area contributed by atoms with Crippen molar-refractivity contribution in [2.45, 2.75) is 46.3 Å². The molecule has 0 aliphatic carbocycles. The van der Waals surface area contributed by atoms with Crippen molar-refractivity contribution in [1.82, 2.24) is 4.98 Å². The highest BCUT2D eigenvalue weighted by Gasteiger charge is 2.30. The molecule has 2 aromatic carbocycles. The Morgan fingerprint density at radius 3 is 2.60 bits per heavy atom. The molecule has 1 amide bonds. The Balaban J connectivity index is 2.21. The van der Waals surface area contributed by atoms with Crippen LogP contribution >= 0.6 is 27.3 Å². The third kappa shape index (κ3) is 5.10. The molecular weight excluding hydrogens is 466 g/mol. The van der Waals surface area contributed by atoms with Gasteiger partial charge in [0.2, 0.25) is 5.13 Å². The average Bonchev–Trinajstić information content (AvgIpc) is 3.03. The highest BCUT2D eigenvalue weighted by Crippen LogP contribution is 2.40. The topological polar surface area (TPSA) is 75.5 Å². The van der Waals surface area contributed by atoms with Crippen molar-refractivity contribution in [1.29, 1.82) is 5.26 Å². The summed E-state index contributed by atoms with van der Waals surface area (Å²) in [6, 6.07) is 12.8. The molecule has 1 heterocycles. The molecular formula is C22H22BrN3O3S. The van der Waals surface area contributed by atoms with E-state index in [1.54, 1.807) is 39.0 Å². The number of hydrogen-bond acceptors (Lipinski definition) is 6. The number of benzene rings is 2. The number of nitrogens with zero attached hydrogens (tertiary/aromatic N) is 3. The molecule has 0 unspecified atom stereocenters. The number of ether oxygens (including phenoxy) is 2. The normalized spacial score (nSPS) is 11.4. The van der Waals surface area contributed by atoms with Crippen molar-refractivity contribution in [3.05, 3.63) is 46.4 Å². The van der Waals surface area contributed by atoms with E-state index < -0.39 is 11.7 Å². The van der Waals surface area contributed by atoms with E-state index in [1.165, 1.54) is 16.2 Å². The number of amides is 1. The molecule has 0 radical (unpaired) electrons. The second-order valence-electron chi connectivity index (χ2n) is 7.89. The predicted octanol–water partition coefficient (Wildman–Crippen LogP) is 6.79. The maximum Gasteiger partial charge on any atom is 0.421 e. The number of nitriles is 1. The molecule has 0 saturated carbocycles. The number of hydrogen-bond donors (Lipinski definition) is 0. The lowest BCUT2D eigenvalue weighted by molar-refractivity contribution is 0.0597. The Kier molecular flexibility index (Phi) is 6.34. The lowest BCUT2D eigenvalue weighted by Gasteiger charge is -2.27. The Bertz CT molecular complexity index is 1130. The fourth-order valence-electron chi connectivity index (χ4n) is 2.69. The van der Waals surface area contributed by atoms with Gasteiger partial charge in [-0.05, 0) is 71.0 Å². The molecule has 30 heavy (non-hydrogen) atoms. The summed E-state index contributed by atoms with van der Waals surface area (Å²) < 4.78 is 13.4. The van der Waals surface area contributed by atoms with Gasteiger partial charge >= 0.3 is 6.09 Å². The predicted molar refractivity (Wildman–Crippen MR) is 123 cm³/mol. The van der Waals surface area contributed by atoms with Crippen LogP contribution in [-0.2, 0) is 4.74 Å². The van der Waals surface area contributed by atoms with E-state index >= 15 is 0 Å². The fraction of sp³-hybridized carbons (Fsp3) is 0.318. The number of fused-ring (bicyclic) bond motifs is 1. The van der Waals surface area contributed by atoms with Gasteiger partial charge in [-0.1, -0.05) is 27.3 Å². The van der Waals surface area contributed by atoms with Crippen molar-refractivity contribution in [2.75, 3.05) is 4.90 Å². The standard InChI is InChI=1S/C22H22BrN3O3S/c1-13(2)28-18-8-6-14(12-24)10-17(18)26(21(27)29-22(3,4)5)20-25-16-11-15(23)7-9-19(16)30-20/h6-11,13H,1-5H3. The van der Waals surface area contributed by atoms with E-state index in [9.17, 15) is 10.1 Å². The molecule has 0 bridgehead atoms. The van der Waals surface area contributed by atoms with Crippen LogP contribution < -0.4 is 9.64 Å². The molecule has 8 heteroatoms. The number of thiazole rings is 1. The summed E-state index contributed by atoms with van der Waals surface area (Å²) in [5.74, 6) is 0.468. The number of rotatable bonds is 4. The minimum Gasteiger partial charge on any atom is -0.489 e. The van der Waals surface area contributed by atoms with Gasteiger partial charge in [-0.2, -0.15) is 5.26 Å². The van der Waals surface area contributed by atoms with Gasteiger partial charge in [0.15, 0.2) is 0 Å². The zero-order valence-corrected chi connectivity index (χ0v) is 19.8. The van der Waals surface area contributed by atoms with Crippen molar-refractivity contribution < 1.29 is 14.3 Å². The molecule has 3 rings (SSSR count).